The molecule has 0 aliphatic heterocycles. The molecule has 0 aliphatic carbocycles. The summed E-state index contributed by atoms with van der Waals surface area (Å²) in [5, 5.41) is 0. The van der Waals surface area contributed by atoms with E-state index in [0.29, 0.717) is 0 Å². The molecular weight excluding hydrogens is 117 g/mol. The lowest BCUT2D eigenvalue weighted by Crippen LogP contribution is -1.64. The van der Waals surface area contributed by atoms with Crippen molar-refractivity contribution in [2.75, 3.05) is 0 Å². The van der Waals surface area contributed by atoms with Crippen LogP contribution in [0.15, 0.2) is 24.4 Å². The van der Waals surface area contributed by atoms with Crippen LogP contribution in [0.1, 0.15) is 0 Å². The fourth-order valence-corrected chi connectivity index (χ4v) is 0.523. The lowest BCUT2D eigenvalue weighted by molar-refractivity contribution is 1.30. The van der Waals surface area contributed by atoms with Crippen LogP contribution in [0.4, 0.5) is 0 Å². The van der Waals surface area contributed by atoms with Gasteiger partial charge in [-0.25, -0.2) is 0 Å². The molecule has 0 aromatic carbocycles. The van der Waals surface area contributed by atoms with E-state index in [4.69, 9.17) is 12.2 Å². The van der Waals surface area contributed by atoms with Crippen molar-refractivity contribution in [3.8, 4) is 0 Å². The molecule has 0 aliphatic rings. The third-order valence-corrected chi connectivity index (χ3v) is 0.934. The van der Waals surface area contributed by atoms with Crippen molar-refractivity contribution in [1.29, 1.82) is 0 Å². The van der Waals surface area contributed by atoms with E-state index in [-0.39, 0.29) is 8.41 Å². The number of hydrogen-bond donors (Lipinski definition) is 1. The minimum atomic E-state index is 0. The van der Waals surface area contributed by atoms with Gasteiger partial charge in [0, 0.05) is 14.6 Å². The van der Waals surface area contributed by atoms with Crippen molar-refractivity contribution in [3.63, 3.8) is 0 Å². The van der Waals surface area contributed by atoms with E-state index < -0.39 is 0 Å². The summed E-state index contributed by atoms with van der Waals surface area (Å²) in [6.45, 7) is 0. The highest BCUT2D eigenvalue weighted by Crippen LogP contribution is 1.80. The maximum absolute atomic E-state index is 4.76. The lowest BCUT2D eigenvalue weighted by atomic mass is 10.5. The summed E-state index contributed by atoms with van der Waals surface area (Å²) in [5.74, 6) is 0. The number of nitrogens with one attached hydrogen (secondary N) is 1. The Morgan fingerprint density at radius 2 is 2.12 bits per heavy atom. The zero-order valence-electron chi connectivity index (χ0n) is 4.29. The quantitative estimate of drug-likeness (QED) is 0.405. The van der Waals surface area contributed by atoms with Gasteiger partial charge >= 0.3 is 0 Å². The van der Waals surface area contributed by atoms with Crippen molar-refractivity contribution in [2.24, 2.45) is 0 Å². The Kier molecular flexibility index (Phi) is 3.20. The Balaban J connectivity index is 0.000000490. The molecule has 0 saturated heterocycles. The molecule has 39 valence electrons. The van der Waals surface area contributed by atoms with Crippen LogP contribution in [-0.2, 0) is 0 Å². The minimum Gasteiger partial charge on any atom is -0.353 e. The average Bonchev–Trinajstić information content (AvgIpc) is 1.69. The van der Waals surface area contributed by atoms with Gasteiger partial charge in [-0.3, -0.25) is 0 Å². The Bertz CT molecular complexity index is 178. The highest BCUT2D eigenvalue weighted by atomic mass is 32.1. The summed E-state index contributed by atoms with van der Waals surface area (Å²) in [5.41, 5.74) is 0. The van der Waals surface area contributed by atoms with E-state index >= 15 is 0 Å². The largest absolute Gasteiger partial charge is 0.353 e. The molecule has 1 heterocycles. The number of aromatic nitrogens is 1. The second-order valence-electron chi connectivity index (χ2n) is 1.23. The normalized spacial score (nSPS) is 7.50. The zero-order valence-corrected chi connectivity index (χ0v) is 5.11. The van der Waals surface area contributed by atoms with Gasteiger partial charge in [0.25, 0.3) is 0 Å². The van der Waals surface area contributed by atoms with Crippen molar-refractivity contribution in [3.05, 3.63) is 29.0 Å². The van der Waals surface area contributed by atoms with Gasteiger partial charge in [0.15, 0.2) is 0 Å². The molecule has 1 nitrogen and oxygen atoms in total. The van der Waals surface area contributed by atoms with Gasteiger partial charge in [0.2, 0.25) is 0 Å². The Hall–Kier alpha value is -0.565. The summed E-state index contributed by atoms with van der Waals surface area (Å²) in [7, 11) is 0. The van der Waals surface area contributed by atoms with Crippen LogP contribution < -0.4 is 0 Å². The standard InChI is InChI=1S/C5H5NS.B/c7-5-3-1-2-4-6-5;/h1-4H,(H,6,7);. The van der Waals surface area contributed by atoms with Crippen LogP contribution in [0, 0.1) is 4.64 Å². The first kappa shape index (κ1) is 7.43. The fraction of sp³-hybridized carbons (Fsp3) is 0. The molecule has 0 bridgehead atoms. The van der Waals surface area contributed by atoms with Crippen LogP contribution in [-0.4, -0.2) is 13.4 Å². The summed E-state index contributed by atoms with van der Waals surface area (Å²) in [6, 6.07) is 5.64. The Labute approximate surface area is 55.3 Å². The van der Waals surface area contributed by atoms with E-state index in [1.54, 1.807) is 0 Å². The smallest absolute Gasteiger partial charge is 0.103 e. The summed E-state index contributed by atoms with van der Waals surface area (Å²) in [4.78, 5) is 2.85. The van der Waals surface area contributed by atoms with Crippen LogP contribution in [0.25, 0.3) is 0 Å². The van der Waals surface area contributed by atoms with Crippen LogP contribution in [0.2, 0.25) is 0 Å². The van der Waals surface area contributed by atoms with Gasteiger partial charge in [-0.1, -0.05) is 18.3 Å². The summed E-state index contributed by atoms with van der Waals surface area (Å²) in [6.07, 6.45) is 1.81. The van der Waals surface area contributed by atoms with Crippen molar-refractivity contribution in [1.82, 2.24) is 4.98 Å². The maximum Gasteiger partial charge on any atom is 0.103 e. The molecular formula is C5H5BNS. The SMILES string of the molecule is S=c1cccc[nH]1.[B]. The second-order valence-corrected chi connectivity index (χ2v) is 1.67. The van der Waals surface area contributed by atoms with Gasteiger partial charge in [-0.15, -0.1) is 0 Å². The van der Waals surface area contributed by atoms with Crippen molar-refractivity contribution < 1.29 is 0 Å². The number of aromatic amines is 1. The average molecular weight is 122 g/mol. The predicted molar refractivity (Wildman–Crippen MR) is 37.4 cm³/mol. The molecule has 1 aromatic heterocycles. The topological polar surface area (TPSA) is 15.8 Å². The maximum atomic E-state index is 4.76. The number of pyridine rings is 1. The van der Waals surface area contributed by atoms with E-state index in [0.717, 1.165) is 4.64 Å². The number of rotatable bonds is 0. The molecule has 1 rings (SSSR count). The predicted octanol–water partition coefficient (Wildman–Crippen LogP) is 1.36. The minimum absolute atomic E-state index is 0. The van der Waals surface area contributed by atoms with Gasteiger partial charge in [0.1, 0.15) is 4.64 Å². The molecule has 1 aromatic rings. The monoisotopic (exact) mass is 122 g/mol. The van der Waals surface area contributed by atoms with E-state index in [1.807, 2.05) is 24.4 Å². The first-order valence-electron chi connectivity index (χ1n) is 2.03. The van der Waals surface area contributed by atoms with E-state index in [9.17, 15) is 0 Å². The van der Waals surface area contributed by atoms with Crippen LogP contribution in [0.3, 0.4) is 0 Å². The number of H-pyrrole nitrogens is 1. The van der Waals surface area contributed by atoms with Crippen LogP contribution in [0.5, 0.6) is 0 Å². The number of hydrogen-bond acceptors (Lipinski definition) is 1. The van der Waals surface area contributed by atoms with Gasteiger partial charge < -0.3 is 4.98 Å². The first-order chi connectivity index (χ1) is 3.39. The van der Waals surface area contributed by atoms with E-state index in [1.165, 1.54) is 0 Å². The molecule has 0 spiro atoms. The Morgan fingerprint density at radius 1 is 1.38 bits per heavy atom. The highest BCUT2D eigenvalue weighted by Gasteiger charge is 1.65. The fourth-order valence-electron chi connectivity index (χ4n) is 0.377. The summed E-state index contributed by atoms with van der Waals surface area (Å²) >= 11 is 4.76. The third-order valence-electron chi connectivity index (χ3n) is 0.681. The second kappa shape index (κ2) is 3.44. The van der Waals surface area contributed by atoms with Crippen molar-refractivity contribution in [2.45, 2.75) is 0 Å². The molecule has 0 atom stereocenters. The molecule has 0 amide bonds. The molecule has 0 unspecified atom stereocenters. The lowest BCUT2D eigenvalue weighted by Gasteiger charge is -1.76. The third kappa shape index (κ3) is 1.93. The van der Waals surface area contributed by atoms with Gasteiger partial charge in [-0.2, -0.15) is 0 Å². The molecule has 3 heteroatoms. The van der Waals surface area contributed by atoms with Gasteiger partial charge in [-0.05, 0) is 12.1 Å². The zero-order chi connectivity index (χ0) is 5.11. The molecule has 8 heavy (non-hydrogen) atoms. The van der Waals surface area contributed by atoms with Crippen LogP contribution >= 0.6 is 12.2 Å². The van der Waals surface area contributed by atoms with E-state index in [2.05, 4.69) is 4.98 Å². The Morgan fingerprint density at radius 3 is 2.38 bits per heavy atom. The van der Waals surface area contributed by atoms with Crippen molar-refractivity contribution >= 4 is 20.6 Å². The first-order valence-corrected chi connectivity index (χ1v) is 2.44. The summed E-state index contributed by atoms with van der Waals surface area (Å²) < 4.78 is 0.780. The molecule has 3 radical (unpaired) electrons. The molecule has 0 fully saturated rings. The molecule has 0 saturated carbocycles. The molecule has 1 N–H and O–H groups in total. The highest BCUT2D eigenvalue weighted by molar-refractivity contribution is 7.71. The van der Waals surface area contributed by atoms with Gasteiger partial charge in [0.05, 0.1) is 0 Å².